The van der Waals surface area contributed by atoms with Gasteiger partial charge in [-0.15, -0.1) is 0 Å². The van der Waals surface area contributed by atoms with Crippen molar-refractivity contribution in [1.29, 1.82) is 0 Å². The van der Waals surface area contributed by atoms with Crippen molar-refractivity contribution in [2.45, 2.75) is 45.6 Å². The molecule has 2 fully saturated rings. The highest BCUT2D eigenvalue weighted by atomic mass is 16.5. The molecule has 1 saturated heterocycles. The number of carboxylic acid groups (broad SMARTS) is 1. The van der Waals surface area contributed by atoms with Crippen molar-refractivity contribution in [2.75, 3.05) is 19.7 Å². The van der Waals surface area contributed by atoms with Gasteiger partial charge in [-0.25, -0.2) is 4.79 Å². The van der Waals surface area contributed by atoms with Crippen molar-refractivity contribution in [2.24, 2.45) is 11.3 Å². The van der Waals surface area contributed by atoms with E-state index in [0.29, 0.717) is 13.1 Å². The van der Waals surface area contributed by atoms with E-state index in [1.165, 1.54) is 0 Å². The van der Waals surface area contributed by atoms with Gasteiger partial charge in [0, 0.05) is 5.92 Å². The van der Waals surface area contributed by atoms with Gasteiger partial charge in [0.25, 0.3) is 0 Å². The fourth-order valence-electron chi connectivity index (χ4n) is 3.25. The molecule has 2 aliphatic rings. The largest absolute Gasteiger partial charge is 0.480 e. The molecule has 1 amide bonds. The molecule has 1 unspecified atom stereocenters. The maximum Gasteiger partial charge on any atom is 0.329 e. The number of carbonyl (C=O) groups is 2. The molecule has 0 aromatic heterocycles. The first-order chi connectivity index (χ1) is 8.73. The number of amides is 1. The average Bonchev–Trinajstić information content (AvgIpc) is 2.61. The standard InChI is InChI=1S/C14H23NO4/c1-13(2)6-4-5-10(13)12(18)15-8-14(3,9-15)19-7-11(16)17/h10H,4-9H2,1-3H3,(H,16,17). The first-order valence-corrected chi connectivity index (χ1v) is 6.88. The Bertz CT molecular complexity index is 385. The van der Waals surface area contributed by atoms with Crippen molar-refractivity contribution < 1.29 is 19.4 Å². The molecule has 5 nitrogen and oxygen atoms in total. The fourth-order valence-corrected chi connectivity index (χ4v) is 3.25. The van der Waals surface area contributed by atoms with Crippen LogP contribution in [0.4, 0.5) is 0 Å². The molecule has 108 valence electrons. The first-order valence-electron chi connectivity index (χ1n) is 6.88. The molecule has 1 heterocycles. The van der Waals surface area contributed by atoms with Crippen LogP contribution < -0.4 is 0 Å². The Hall–Kier alpha value is -1.10. The Morgan fingerprint density at radius 1 is 1.32 bits per heavy atom. The third-order valence-electron chi connectivity index (χ3n) is 4.46. The van der Waals surface area contributed by atoms with E-state index < -0.39 is 11.6 Å². The summed E-state index contributed by atoms with van der Waals surface area (Å²) in [5.41, 5.74) is -0.401. The van der Waals surface area contributed by atoms with Crippen molar-refractivity contribution in [3.8, 4) is 0 Å². The lowest BCUT2D eigenvalue weighted by Gasteiger charge is -2.49. The normalized spacial score (nSPS) is 27.9. The van der Waals surface area contributed by atoms with E-state index in [1.807, 2.05) is 6.92 Å². The van der Waals surface area contributed by atoms with Crippen LogP contribution in [-0.2, 0) is 14.3 Å². The van der Waals surface area contributed by atoms with E-state index in [0.717, 1.165) is 19.3 Å². The van der Waals surface area contributed by atoms with Crippen LogP contribution >= 0.6 is 0 Å². The van der Waals surface area contributed by atoms with Gasteiger partial charge in [-0.1, -0.05) is 20.3 Å². The number of ether oxygens (including phenoxy) is 1. The highest BCUT2D eigenvalue weighted by Gasteiger charge is 2.48. The molecule has 0 bridgehead atoms. The van der Waals surface area contributed by atoms with Gasteiger partial charge in [-0.2, -0.15) is 0 Å². The van der Waals surface area contributed by atoms with Gasteiger partial charge in [0.1, 0.15) is 12.2 Å². The summed E-state index contributed by atoms with van der Waals surface area (Å²) in [6, 6.07) is 0. The van der Waals surface area contributed by atoms with Gasteiger partial charge in [0.15, 0.2) is 0 Å². The average molecular weight is 269 g/mol. The molecule has 0 radical (unpaired) electrons. The van der Waals surface area contributed by atoms with Gasteiger partial charge in [-0.3, -0.25) is 4.79 Å². The van der Waals surface area contributed by atoms with Crippen LogP contribution in [0.2, 0.25) is 0 Å². The molecule has 1 saturated carbocycles. The molecule has 0 spiro atoms. The Labute approximate surface area is 113 Å². The summed E-state index contributed by atoms with van der Waals surface area (Å²) in [6.07, 6.45) is 3.18. The second-order valence-corrected chi connectivity index (χ2v) is 6.76. The zero-order valence-electron chi connectivity index (χ0n) is 11.9. The molecular weight excluding hydrogens is 246 g/mol. The quantitative estimate of drug-likeness (QED) is 0.840. The van der Waals surface area contributed by atoms with E-state index in [9.17, 15) is 9.59 Å². The number of likely N-dealkylation sites (tertiary alicyclic amines) is 1. The second kappa shape index (κ2) is 4.78. The van der Waals surface area contributed by atoms with Gasteiger partial charge in [-0.05, 0) is 25.2 Å². The molecule has 0 aromatic carbocycles. The summed E-state index contributed by atoms with van der Waals surface area (Å²) in [5, 5.41) is 8.61. The van der Waals surface area contributed by atoms with Crippen LogP contribution in [0, 0.1) is 11.3 Å². The SMILES string of the molecule is CC1(OCC(=O)O)CN(C(=O)C2CCCC2(C)C)C1. The predicted octanol–water partition coefficient (Wildman–Crippen LogP) is 1.51. The zero-order valence-corrected chi connectivity index (χ0v) is 11.9. The van der Waals surface area contributed by atoms with Gasteiger partial charge < -0.3 is 14.7 Å². The number of nitrogens with zero attached hydrogens (tertiary/aromatic N) is 1. The predicted molar refractivity (Wildman–Crippen MR) is 69.7 cm³/mol. The summed E-state index contributed by atoms with van der Waals surface area (Å²) >= 11 is 0. The van der Waals surface area contributed by atoms with E-state index in [1.54, 1.807) is 4.90 Å². The van der Waals surface area contributed by atoms with Crippen LogP contribution in [0.1, 0.15) is 40.0 Å². The lowest BCUT2D eigenvalue weighted by Crippen LogP contribution is -2.64. The molecule has 2 rings (SSSR count). The van der Waals surface area contributed by atoms with E-state index in [2.05, 4.69) is 13.8 Å². The number of carboxylic acids is 1. The molecule has 1 N–H and O–H groups in total. The Kier molecular flexibility index (Phi) is 3.60. The van der Waals surface area contributed by atoms with Gasteiger partial charge >= 0.3 is 5.97 Å². The molecule has 1 aliphatic carbocycles. The van der Waals surface area contributed by atoms with Gasteiger partial charge in [0.05, 0.1) is 13.1 Å². The minimum atomic E-state index is -0.970. The Morgan fingerprint density at radius 2 is 1.95 bits per heavy atom. The number of rotatable bonds is 4. The zero-order chi connectivity index (χ0) is 14.3. The summed E-state index contributed by atoms with van der Waals surface area (Å²) in [5.74, 6) is -0.654. The minimum Gasteiger partial charge on any atom is -0.480 e. The van der Waals surface area contributed by atoms with E-state index in [4.69, 9.17) is 9.84 Å². The third-order valence-corrected chi connectivity index (χ3v) is 4.46. The van der Waals surface area contributed by atoms with E-state index in [-0.39, 0.29) is 23.8 Å². The molecule has 1 atom stereocenters. The second-order valence-electron chi connectivity index (χ2n) is 6.76. The number of aliphatic carboxylic acids is 1. The van der Waals surface area contributed by atoms with Crippen LogP contribution in [0.5, 0.6) is 0 Å². The first kappa shape index (κ1) is 14.3. The van der Waals surface area contributed by atoms with Crippen LogP contribution in [0.25, 0.3) is 0 Å². The van der Waals surface area contributed by atoms with Crippen molar-refractivity contribution in [3.63, 3.8) is 0 Å². The monoisotopic (exact) mass is 269 g/mol. The van der Waals surface area contributed by atoms with Crippen LogP contribution in [-0.4, -0.2) is 47.2 Å². The lowest BCUT2D eigenvalue weighted by atomic mass is 9.80. The third kappa shape index (κ3) is 2.91. The highest BCUT2D eigenvalue weighted by Crippen LogP contribution is 2.44. The number of hydrogen-bond acceptors (Lipinski definition) is 3. The maximum atomic E-state index is 12.4. The smallest absolute Gasteiger partial charge is 0.329 e. The van der Waals surface area contributed by atoms with Gasteiger partial charge in [0.2, 0.25) is 5.91 Å². The molecule has 0 aromatic rings. The summed E-state index contributed by atoms with van der Waals surface area (Å²) in [6.45, 7) is 6.88. The number of hydrogen-bond donors (Lipinski definition) is 1. The topological polar surface area (TPSA) is 66.8 Å². The lowest BCUT2D eigenvalue weighted by molar-refractivity contribution is -0.177. The Morgan fingerprint density at radius 3 is 2.42 bits per heavy atom. The summed E-state index contributed by atoms with van der Waals surface area (Å²) in [4.78, 5) is 24.7. The molecule has 19 heavy (non-hydrogen) atoms. The molecular formula is C14H23NO4. The highest BCUT2D eigenvalue weighted by molar-refractivity contribution is 5.81. The molecule has 5 heteroatoms. The number of carbonyl (C=O) groups excluding carboxylic acids is 1. The summed E-state index contributed by atoms with van der Waals surface area (Å²) < 4.78 is 5.33. The van der Waals surface area contributed by atoms with E-state index >= 15 is 0 Å². The summed E-state index contributed by atoms with van der Waals surface area (Å²) in [7, 11) is 0. The fraction of sp³-hybridized carbons (Fsp3) is 0.857. The van der Waals surface area contributed by atoms with Crippen LogP contribution in [0.3, 0.4) is 0 Å². The maximum absolute atomic E-state index is 12.4. The molecule has 1 aliphatic heterocycles. The van der Waals surface area contributed by atoms with Crippen molar-refractivity contribution >= 4 is 11.9 Å². The van der Waals surface area contributed by atoms with Crippen LogP contribution in [0.15, 0.2) is 0 Å². The minimum absolute atomic E-state index is 0.0883. The van der Waals surface area contributed by atoms with Crippen molar-refractivity contribution in [3.05, 3.63) is 0 Å². The Balaban J connectivity index is 1.86. The van der Waals surface area contributed by atoms with Crippen molar-refractivity contribution in [1.82, 2.24) is 4.90 Å².